The van der Waals surface area contributed by atoms with Gasteiger partial charge in [-0.25, -0.2) is 4.39 Å². The summed E-state index contributed by atoms with van der Waals surface area (Å²) in [7, 11) is 0. The molecule has 0 aliphatic carbocycles. The largest absolute Gasteiger partial charge is 0.466 e. The number of benzene rings is 1. The summed E-state index contributed by atoms with van der Waals surface area (Å²) in [6.45, 7) is 3.66. The number of esters is 1. The highest BCUT2D eigenvalue weighted by atomic mass is 79.9. The smallest absolute Gasteiger partial charge is 0.308 e. The third kappa shape index (κ3) is 3.78. The van der Waals surface area contributed by atoms with Crippen LogP contribution in [0.1, 0.15) is 30.6 Å². The Balaban J connectivity index is 2.89. The Morgan fingerprint density at radius 3 is 2.76 bits per heavy atom. The van der Waals surface area contributed by atoms with E-state index in [2.05, 4.69) is 15.9 Å². The summed E-state index contributed by atoms with van der Waals surface area (Å²) < 4.78 is 18.8. The van der Waals surface area contributed by atoms with Crippen molar-refractivity contribution in [3.8, 4) is 0 Å². The van der Waals surface area contributed by atoms with Crippen LogP contribution in [0.5, 0.6) is 0 Å². The van der Waals surface area contributed by atoms with Gasteiger partial charge in [0, 0.05) is 10.0 Å². The van der Waals surface area contributed by atoms with Gasteiger partial charge in [0.1, 0.15) is 5.82 Å². The van der Waals surface area contributed by atoms with Crippen molar-refractivity contribution in [3.05, 3.63) is 33.5 Å². The maximum absolute atomic E-state index is 13.7. The lowest BCUT2D eigenvalue weighted by atomic mass is 10.0. The predicted molar refractivity (Wildman–Crippen MR) is 65.0 cm³/mol. The molecule has 3 nitrogen and oxygen atoms in total. The predicted octanol–water partition coefficient (Wildman–Crippen LogP) is 2.88. The van der Waals surface area contributed by atoms with Gasteiger partial charge in [0.2, 0.25) is 0 Å². The van der Waals surface area contributed by atoms with Gasteiger partial charge >= 0.3 is 5.97 Å². The van der Waals surface area contributed by atoms with Crippen LogP contribution in [-0.4, -0.2) is 17.7 Å². The molecule has 0 spiro atoms. The topological polar surface area (TPSA) is 46.5 Å². The van der Waals surface area contributed by atoms with Crippen molar-refractivity contribution in [2.75, 3.05) is 6.61 Å². The molecule has 0 bridgehead atoms. The summed E-state index contributed by atoms with van der Waals surface area (Å²) in [6.07, 6.45) is -1.46. The molecule has 1 aromatic rings. The second kappa shape index (κ2) is 6.12. The minimum atomic E-state index is -1.20. The average molecular weight is 305 g/mol. The Morgan fingerprint density at radius 1 is 1.59 bits per heavy atom. The van der Waals surface area contributed by atoms with Gasteiger partial charge in [0.15, 0.2) is 0 Å². The van der Waals surface area contributed by atoms with Crippen LogP contribution in [0.15, 0.2) is 16.6 Å². The van der Waals surface area contributed by atoms with E-state index in [4.69, 9.17) is 4.74 Å². The van der Waals surface area contributed by atoms with Crippen LogP contribution in [-0.2, 0) is 9.53 Å². The van der Waals surface area contributed by atoms with Crippen LogP contribution in [0.3, 0.4) is 0 Å². The molecule has 1 unspecified atom stereocenters. The maximum Gasteiger partial charge on any atom is 0.308 e. The van der Waals surface area contributed by atoms with Gasteiger partial charge in [-0.15, -0.1) is 0 Å². The fourth-order valence-corrected chi connectivity index (χ4v) is 2.32. The van der Waals surface area contributed by atoms with Crippen LogP contribution < -0.4 is 0 Å². The Hall–Kier alpha value is -0.940. The van der Waals surface area contributed by atoms with E-state index in [1.807, 2.05) is 0 Å². The van der Waals surface area contributed by atoms with Gasteiger partial charge in [-0.2, -0.15) is 0 Å². The van der Waals surface area contributed by atoms with Crippen molar-refractivity contribution < 1.29 is 19.0 Å². The molecule has 0 fully saturated rings. The first-order chi connectivity index (χ1) is 7.95. The number of halogens is 2. The van der Waals surface area contributed by atoms with Gasteiger partial charge in [0.05, 0.1) is 19.1 Å². The highest BCUT2D eigenvalue weighted by Gasteiger charge is 2.20. The number of carbonyl (C=O) groups excluding carboxylic acids is 1. The van der Waals surface area contributed by atoms with E-state index in [0.29, 0.717) is 4.47 Å². The number of aliphatic hydroxyl groups is 1. The molecule has 0 saturated carbocycles. The summed E-state index contributed by atoms with van der Waals surface area (Å²) in [5, 5.41) is 9.80. The molecule has 0 aromatic heterocycles. The van der Waals surface area contributed by atoms with E-state index in [0.717, 1.165) is 5.56 Å². The monoisotopic (exact) mass is 304 g/mol. The fraction of sp³-hybridized carbons (Fsp3) is 0.417. The highest BCUT2D eigenvalue weighted by Crippen LogP contribution is 2.29. The number of ether oxygens (including phenoxy) is 1. The molecule has 17 heavy (non-hydrogen) atoms. The zero-order chi connectivity index (χ0) is 13.0. The molecule has 94 valence electrons. The van der Waals surface area contributed by atoms with Crippen molar-refractivity contribution in [3.63, 3.8) is 0 Å². The molecule has 1 atom stereocenters. The standard InChI is InChI=1S/C12H14BrFO3/c1-3-17-11(16)6-10(15)12-8(13)4-7(2)5-9(12)14/h4-5,10,15H,3,6H2,1-2H3. The number of rotatable bonds is 4. The summed E-state index contributed by atoms with van der Waals surface area (Å²) in [5.74, 6) is -1.08. The van der Waals surface area contributed by atoms with Crippen LogP contribution in [0.4, 0.5) is 4.39 Å². The first-order valence-corrected chi connectivity index (χ1v) is 6.04. The third-order valence-corrected chi connectivity index (χ3v) is 2.88. The molecular weight excluding hydrogens is 291 g/mol. The molecule has 1 aromatic carbocycles. The SMILES string of the molecule is CCOC(=O)CC(O)c1c(F)cc(C)cc1Br. The minimum absolute atomic E-state index is 0.0867. The lowest BCUT2D eigenvalue weighted by Crippen LogP contribution is -2.11. The number of aliphatic hydroxyl groups excluding tert-OH is 1. The maximum atomic E-state index is 13.7. The summed E-state index contributed by atoms with van der Waals surface area (Å²) >= 11 is 3.18. The summed E-state index contributed by atoms with van der Waals surface area (Å²) in [6, 6.07) is 3.00. The van der Waals surface area contributed by atoms with E-state index >= 15 is 0 Å². The number of carbonyl (C=O) groups is 1. The van der Waals surface area contributed by atoms with E-state index < -0.39 is 17.9 Å². The second-order valence-electron chi connectivity index (χ2n) is 3.67. The molecule has 0 amide bonds. The lowest BCUT2D eigenvalue weighted by Gasteiger charge is -2.13. The Morgan fingerprint density at radius 2 is 2.24 bits per heavy atom. The third-order valence-electron chi connectivity index (χ3n) is 2.22. The van der Waals surface area contributed by atoms with E-state index in [-0.39, 0.29) is 18.6 Å². The molecule has 0 aliphatic heterocycles. The first kappa shape index (κ1) is 14.1. The number of hydrogen-bond acceptors (Lipinski definition) is 3. The van der Waals surface area contributed by atoms with Crippen LogP contribution in [0.2, 0.25) is 0 Å². The van der Waals surface area contributed by atoms with Crippen molar-refractivity contribution in [2.24, 2.45) is 0 Å². The van der Waals surface area contributed by atoms with E-state index in [1.54, 1.807) is 19.9 Å². The Bertz CT molecular complexity index is 397. The summed E-state index contributed by atoms with van der Waals surface area (Å²) in [5.41, 5.74) is 0.824. The number of aryl methyl sites for hydroxylation is 1. The molecule has 0 aliphatic rings. The number of hydrogen-bond donors (Lipinski definition) is 1. The van der Waals surface area contributed by atoms with E-state index in [1.165, 1.54) is 6.07 Å². The molecule has 5 heteroatoms. The molecule has 1 N–H and O–H groups in total. The highest BCUT2D eigenvalue weighted by molar-refractivity contribution is 9.10. The van der Waals surface area contributed by atoms with Crippen molar-refractivity contribution in [2.45, 2.75) is 26.4 Å². The fourth-order valence-electron chi connectivity index (χ4n) is 1.51. The van der Waals surface area contributed by atoms with Crippen LogP contribution in [0.25, 0.3) is 0 Å². The zero-order valence-corrected chi connectivity index (χ0v) is 11.3. The Labute approximate surface area is 108 Å². The molecule has 0 radical (unpaired) electrons. The average Bonchev–Trinajstić information content (AvgIpc) is 2.15. The molecule has 0 saturated heterocycles. The van der Waals surface area contributed by atoms with Crippen LogP contribution in [0, 0.1) is 12.7 Å². The Kier molecular flexibility index (Phi) is 5.08. The van der Waals surface area contributed by atoms with Gasteiger partial charge < -0.3 is 9.84 Å². The minimum Gasteiger partial charge on any atom is -0.466 e. The van der Waals surface area contributed by atoms with E-state index in [9.17, 15) is 14.3 Å². The lowest BCUT2D eigenvalue weighted by molar-refractivity contribution is -0.145. The van der Waals surface area contributed by atoms with Crippen molar-refractivity contribution >= 4 is 21.9 Å². The molecule has 0 heterocycles. The van der Waals surface area contributed by atoms with Crippen molar-refractivity contribution in [1.29, 1.82) is 0 Å². The normalized spacial score (nSPS) is 12.3. The quantitative estimate of drug-likeness (QED) is 0.870. The van der Waals surface area contributed by atoms with Gasteiger partial charge in [-0.1, -0.05) is 15.9 Å². The molecule has 1 rings (SSSR count). The van der Waals surface area contributed by atoms with Gasteiger partial charge in [-0.05, 0) is 31.5 Å². The zero-order valence-electron chi connectivity index (χ0n) is 9.67. The van der Waals surface area contributed by atoms with Crippen molar-refractivity contribution in [1.82, 2.24) is 0 Å². The van der Waals surface area contributed by atoms with Gasteiger partial charge in [-0.3, -0.25) is 4.79 Å². The first-order valence-electron chi connectivity index (χ1n) is 5.25. The summed E-state index contributed by atoms with van der Waals surface area (Å²) in [4.78, 5) is 11.2. The molecular formula is C12H14BrFO3. The second-order valence-corrected chi connectivity index (χ2v) is 4.52. The van der Waals surface area contributed by atoms with Gasteiger partial charge in [0.25, 0.3) is 0 Å². The van der Waals surface area contributed by atoms with Crippen LogP contribution >= 0.6 is 15.9 Å².